The average Bonchev–Trinajstić information content (AvgIpc) is 3.84. The molecule has 0 fully saturated rings. The van der Waals surface area contributed by atoms with E-state index >= 15 is 0 Å². The van der Waals surface area contributed by atoms with Crippen molar-refractivity contribution in [2.75, 3.05) is 0 Å². The summed E-state index contributed by atoms with van der Waals surface area (Å²) in [6.45, 7) is 0. The molecule has 3 heteroatoms. The lowest BCUT2D eigenvalue weighted by molar-refractivity contribution is 0.669. The van der Waals surface area contributed by atoms with E-state index in [9.17, 15) is 0 Å². The van der Waals surface area contributed by atoms with Crippen molar-refractivity contribution < 1.29 is 4.42 Å². The van der Waals surface area contributed by atoms with E-state index < -0.39 is 5.41 Å². The molecular formula is C59H36N2O. The summed E-state index contributed by atoms with van der Waals surface area (Å²) in [7, 11) is 0. The number of aromatic nitrogens is 2. The highest BCUT2D eigenvalue weighted by molar-refractivity contribution is 6.06. The van der Waals surface area contributed by atoms with Gasteiger partial charge in [-0.3, -0.25) is 0 Å². The van der Waals surface area contributed by atoms with Gasteiger partial charge in [-0.2, -0.15) is 0 Å². The standard InChI is InChI=1S/C59H36N2O/c1-2-14-37(15-3-1)38-26-28-39(29-27-38)54-36-55(61-58(60-54)41-31-33-57-49(34-41)48-21-9-13-25-56(48)62-57)40-30-32-47-46-20-8-12-24-52(46)59(53(47)35-40)50-22-10-6-18-44(50)42-16-4-5-17-43(42)45-19-7-11-23-51(45)59/h1-36H. The predicted octanol–water partition coefficient (Wildman–Crippen LogP) is 15.1. The van der Waals surface area contributed by atoms with Crippen LogP contribution in [0.1, 0.15) is 22.3 Å². The van der Waals surface area contributed by atoms with Crippen molar-refractivity contribution in [2.24, 2.45) is 0 Å². The number of hydrogen-bond donors (Lipinski definition) is 0. The lowest BCUT2D eigenvalue weighted by Gasteiger charge is -2.35. The van der Waals surface area contributed by atoms with Crippen LogP contribution >= 0.6 is 0 Å². The fourth-order valence-corrected chi connectivity index (χ4v) is 10.4. The van der Waals surface area contributed by atoms with Crippen LogP contribution < -0.4 is 0 Å². The van der Waals surface area contributed by atoms with Gasteiger partial charge >= 0.3 is 0 Å². The molecule has 288 valence electrons. The average molecular weight is 789 g/mol. The minimum atomic E-state index is -0.590. The predicted molar refractivity (Wildman–Crippen MR) is 253 cm³/mol. The number of rotatable bonds is 4. The minimum absolute atomic E-state index is 0.590. The third-order valence-electron chi connectivity index (χ3n) is 13.2. The topological polar surface area (TPSA) is 38.9 Å². The first-order chi connectivity index (χ1) is 30.7. The molecule has 2 aromatic heterocycles. The molecule has 2 aliphatic carbocycles. The van der Waals surface area contributed by atoms with Crippen LogP contribution in [-0.2, 0) is 5.41 Å². The van der Waals surface area contributed by atoms with Crippen LogP contribution in [-0.4, -0.2) is 9.97 Å². The molecule has 0 N–H and O–H groups in total. The quantitative estimate of drug-likeness (QED) is 0.178. The van der Waals surface area contributed by atoms with Crippen LogP contribution in [0.4, 0.5) is 0 Å². The van der Waals surface area contributed by atoms with E-state index in [4.69, 9.17) is 14.4 Å². The van der Waals surface area contributed by atoms with Crippen molar-refractivity contribution in [1.82, 2.24) is 9.97 Å². The number of fused-ring (bicyclic) bond motifs is 15. The van der Waals surface area contributed by atoms with E-state index in [1.54, 1.807) is 0 Å². The lowest BCUT2D eigenvalue weighted by atomic mass is 9.65. The molecule has 0 saturated heterocycles. The molecule has 13 rings (SSSR count). The van der Waals surface area contributed by atoms with Crippen LogP contribution in [0.2, 0.25) is 0 Å². The Labute approximate surface area is 359 Å². The molecule has 0 aliphatic heterocycles. The van der Waals surface area contributed by atoms with Crippen molar-refractivity contribution in [3.8, 4) is 78.4 Å². The Kier molecular flexibility index (Phi) is 7.52. The summed E-state index contributed by atoms with van der Waals surface area (Å²) >= 11 is 0. The highest BCUT2D eigenvalue weighted by atomic mass is 16.3. The van der Waals surface area contributed by atoms with Crippen LogP contribution in [0, 0.1) is 0 Å². The van der Waals surface area contributed by atoms with Gasteiger partial charge in [0.25, 0.3) is 0 Å². The zero-order chi connectivity index (χ0) is 40.8. The minimum Gasteiger partial charge on any atom is -0.456 e. The monoisotopic (exact) mass is 788 g/mol. The summed E-state index contributed by atoms with van der Waals surface area (Å²) in [5.74, 6) is 0.663. The third kappa shape index (κ3) is 5.06. The highest BCUT2D eigenvalue weighted by Crippen LogP contribution is 2.61. The second-order valence-electron chi connectivity index (χ2n) is 16.4. The molecule has 2 aliphatic rings. The Balaban J connectivity index is 1.06. The van der Waals surface area contributed by atoms with Crippen LogP contribution in [0.15, 0.2) is 223 Å². The summed E-state index contributed by atoms with van der Waals surface area (Å²) in [5.41, 5.74) is 20.8. The van der Waals surface area contributed by atoms with E-state index in [2.05, 4.69) is 200 Å². The summed E-state index contributed by atoms with van der Waals surface area (Å²) in [4.78, 5) is 10.8. The molecule has 2 heterocycles. The summed E-state index contributed by atoms with van der Waals surface area (Å²) in [6.07, 6.45) is 0. The van der Waals surface area contributed by atoms with Crippen molar-refractivity contribution >= 4 is 21.9 Å². The SMILES string of the molecule is c1ccc(-c2ccc(-c3cc(-c4ccc5c(c4)C4(c6ccccc6-c6ccccc6-c6ccccc64)c4ccccc4-5)nc(-c4ccc5oc6ccccc6c5c4)n3)cc2)cc1. The summed E-state index contributed by atoms with van der Waals surface area (Å²) < 4.78 is 6.24. The van der Waals surface area contributed by atoms with Crippen LogP contribution in [0.3, 0.4) is 0 Å². The number of furan rings is 1. The van der Waals surface area contributed by atoms with Gasteiger partial charge in [0.2, 0.25) is 0 Å². The van der Waals surface area contributed by atoms with Gasteiger partial charge < -0.3 is 4.42 Å². The molecule has 1 spiro atoms. The van der Waals surface area contributed by atoms with Crippen LogP contribution in [0.25, 0.3) is 100 Å². The first kappa shape index (κ1) is 34.7. The van der Waals surface area contributed by atoms with E-state index in [-0.39, 0.29) is 0 Å². The second kappa shape index (κ2) is 13.4. The Morgan fingerprint density at radius 3 is 1.44 bits per heavy atom. The van der Waals surface area contributed by atoms with E-state index in [0.717, 1.165) is 55.6 Å². The zero-order valence-corrected chi connectivity index (χ0v) is 33.6. The maximum atomic E-state index is 6.24. The first-order valence-electron chi connectivity index (χ1n) is 21.2. The third-order valence-corrected chi connectivity index (χ3v) is 13.2. The fraction of sp³-hybridized carbons (Fsp3) is 0.0169. The lowest BCUT2D eigenvalue weighted by Crippen LogP contribution is -2.29. The van der Waals surface area contributed by atoms with Crippen molar-refractivity contribution in [1.29, 1.82) is 0 Å². The summed E-state index contributed by atoms with van der Waals surface area (Å²) in [6, 6.07) is 78.8. The molecule has 9 aromatic carbocycles. The van der Waals surface area contributed by atoms with Gasteiger partial charge in [0, 0.05) is 27.5 Å². The first-order valence-corrected chi connectivity index (χ1v) is 21.2. The van der Waals surface area contributed by atoms with E-state index in [0.29, 0.717) is 5.82 Å². The van der Waals surface area contributed by atoms with Gasteiger partial charge in [-0.1, -0.05) is 182 Å². The molecule has 0 unspecified atom stereocenters. The molecule has 0 saturated carbocycles. The molecule has 3 nitrogen and oxygen atoms in total. The summed E-state index contributed by atoms with van der Waals surface area (Å²) in [5, 5.41) is 2.12. The molecule has 0 atom stereocenters. The number of nitrogens with zero attached hydrogens (tertiary/aromatic N) is 2. The second-order valence-corrected chi connectivity index (χ2v) is 16.4. The largest absolute Gasteiger partial charge is 0.456 e. The van der Waals surface area contributed by atoms with Crippen LogP contribution in [0.5, 0.6) is 0 Å². The molecule has 62 heavy (non-hydrogen) atoms. The smallest absolute Gasteiger partial charge is 0.160 e. The Hall–Kier alpha value is -8.14. The van der Waals surface area contributed by atoms with Gasteiger partial charge in [0.15, 0.2) is 5.82 Å². The number of benzene rings is 9. The van der Waals surface area contributed by atoms with Crippen molar-refractivity contribution in [2.45, 2.75) is 5.41 Å². The van der Waals surface area contributed by atoms with Crippen molar-refractivity contribution in [3.63, 3.8) is 0 Å². The molecular weight excluding hydrogens is 753 g/mol. The highest BCUT2D eigenvalue weighted by Gasteiger charge is 2.49. The molecule has 0 radical (unpaired) electrons. The fourth-order valence-electron chi connectivity index (χ4n) is 10.4. The van der Waals surface area contributed by atoms with Gasteiger partial charge in [0.1, 0.15) is 11.2 Å². The Bertz CT molecular complexity index is 3510. The van der Waals surface area contributed by atoms with Gasteiger partial charge in [-0.05, 0) is 103 Å². The molecule has 11 aromatic rings. The van der Waals surface area contributed by atoms with Gasteiger partial charge in [-0.25, -0.2) is 9.97 Å². The zero-order valence-electron chi connectivity index (χ0n) is 33.6. The van der Waals surface area contributed by atoms with Crippen molar-refractivity contribution in [3.05, 3.63) is 241 Å². The molecule has 0 amide bonds. The Morgan fingerprint density at radius 1 is 0.290 bits per heavy atom. The molecule has 0 bridgehead atoms. The number of hydrogen-bond acceptors (Lipinski definition) is 3. The van der Waals surface area contributed by atoms with Gasteiger partial charge in [-0.15, -0.1) is 0 Å². The number of para-hydroxylation sites is 1. The maximum Gasteiger partial charge on any atom is 0.160 e. The van der Waals surface area contributed by atoms with E-state index in [1.165, 1.54) is 61.2 Å². The van der Waals surface area contributed by atoms with E-state index in [1.807, 2.05) is 18.2 Å². The normalized spacial score (nSPS) is 13.0. The van der Waals surface area contributed by atoms with Gasteiger partial charge in [0.05, 0.1) is 16.8 Å². The Morgan fingerprint density at radius 2 is 0.758 bits per heavy atom. The maximum absolute atomic E-state index is 6.24.